The van der Waals surface area contributed by atoms with Crippen LogP contribution in [0.3, 0.4) is 0 Å². The third-order valence-corrected chi connectivity index (χ3v) is 7.42. The quantitative estimate of drug-likeness (QED) is 0.186. The average molecular weight is 631 g/mol. The molecule has 45 heavy (non-hydrogen) atoms. The summed E-state index contributed by atoms with van der Waals surface area (Å²) in [5.41, 5.74) is 2.80. The fourth-order valence-corrected chi connectivity index (χ4v) is 4.92. The summed E-state index contributed by atoms with van der Waals surface area (Å²) < 4.78 is 19.5. The third kappa shape index (κ3) is 7.66. The average Bonchev–Trinajstić information content (AvgIpc) is 3.04. The van der Waals surface area contributed by atoms with E-state index in [0.29, 0.717) is 28.6 Å². The molecule has 0 bridgehead atoms. The topological polar surface area (TPSA) is 115 Å². The van der Waals surface area contributed by atoms with Crippen molar-refractivity contribution in [3.8, 4) is 5.75 Å². The number of nitrogens with one attached hydrogen (secondary N) is 3. The van der Waals surface area contributed by atoms with Gasteiger partial charge in [-0.15, -0.1) is 0 Å². The molecule has 0 unspecified atom stereocenters. The molecule has 3 amide bonds. The number of aromatic nitrogens is 2. The standard InChI is InChI=1S/C32H32ClFN8O3/c1-4-31(43)37-21-6-5-7-24(16-21)42(32(44)38-22-8-10-26(34)25(33)17-22)30-19-29(35-20-36-30)39-27-11-9-23(18-28(27)45-3)41-14-12-40(2)13-15-41/h4-11,16-20H,1,12-15H2,2-3H3,(H,37,43)(H,38,44)(H,35,36,39). The van der Waals surface area contributed by atoms with E-state index < -0.39 is 17.8 Å². The zero-order chi connectivity index (χ0) is 31.9. The Hall–Kier alpha value is -5.20. The van der Waals surface area contributed by atoms with Crippen LogP contribution in [-0.4, -0.2) is 67.1 Å². The first kappa shape index (κ1) is 31.2. The number of benzene rings is 3. The Morgan fingerprint density at radius 2 is 1.78 bits per heavy atom. The van der Waals surface area contributed by atoms with Crippen LogP contribution < -0.4 is 30.5 Å². The van der Waals surface area contributed by atoms with Gasteiger partial charge in [-0.3, -0.25) is 4.79 Å². The molecule has 232 valence electrons. The molecular weight excluding hydrogens is 599 g/mol. The number of carbonyl (C=O) groups excluding carboxylic acids is 2. The number of halogens is 2. The molecule has 4 aromatic rings. The van der Waals surface area contributed by atoms with E-state index in [1.54, 1.807) is 37.4 Å². The van der Waals surface area contributed by atoms with Crippen molar-refractivity contribution in [2.75, 3.05) is 66.1 Å². The van der Waals surface area contributed by atoms with E-state index in [2.05, 4.69) is 49.3 Å². The normalized spacial score (nSPS) is 13.1. The van der Waals surface area contributed by atoms with Gasteiger partial charge < -0.3 is 30.5 Å². The van der Waals surface area contributed by atoms with Gasteiger partial charge in [0.15, 0.2) is 0 Å². The van der Waals surface area contributed by atoms with Crippen molar-refractivity contribution >= 4 is 63.6 Å². The molecule has 3 N–H and O–H groups in total. The summed E-state index contributed by atoms with van der Waals surface area (Å²) >= 11 is 5.94. The van der Waals surface area contributed by atoms with Crippen LogP contribution in [0.1, 0.15) is 0 Å². The van der Waals surface area contributed by atoms with Gasteiger partial charge in [-0.05, 0) is 61.7 Å². The van der Waals surface area contributed by atoms with E-state index in [1.807, 2.05) is 18.2 Å². The lowest BCUT2D eigenvalue weighted by molar-refractivity contribution is -0.111. The molecule has 2 heterocycles. The van der Waals surface area contributed by atoms with E-state index in [1.165, 1.54) is 23.4 Å². The van der Waals surface area contributed by atoms with Crippen LogP contribution in [-0.2, 0) is 4.79 Å². The Labute approximate surface area is 265 Å². The molecule has 1 aliphatic rings. The largest absolute Gasteiger partial charge is 0.494 e. The lowest BCUT2D eigenvalue weighted by Crippen LogP contribution is -2.44. The van der Waals surface area contributed by atoms with Gasteiger partial charge in [0.05, 0.1) is 23.5 Å². The molecule has 1 saturated heterocycles. The summed E-state index contributed by atoms with van der Waals surface area (Å²) in [4.78, 5) is 40.3. The van der Waals surface area contributed by atoms with Gasteiger partial charge in [0.2, 0.25) is 5.91 Å². The van der Waals surface area contributed by atoms with Crippen LogP contribution in [0.4, 0.5) is 49.3 Å². The van der Waals surface area contributed by atoms with Crippen molar-refractivity contribution in [3.05, 3.63) is 96.6 Å². The third-order valence-electron chi connectivity index (χ3n) is 7.13. The molecular formula is C32H32ClFN8O3. The van der Waals surface area contributed by atoms with Crippen molar-refractivity contribution in [2.45, 2.75) is 0 Å². The minimum atomic E-state index is -0.622. The van der Waals surface area contributed by atoms with E-state index in [-0.39, 0.29) is 16.5 Å². The van der Waals surface area contributed by atoms with Crippen molar-refractivity contribution in [2.24, 2.45) is 0 Å². The molecule has 1 fully saturated rings. The minimum absolute atomic E-state index is 0.144. The monoisotopic (exact) mass is 630 g/mol. The van der Waals surface area contributed by atoms with Crippen molar-refractivity contribution < 1.29 is 18.7 Å². The van der Waals surface area contributed by atoms with Crippen LogP contribution in [0, 0.1) is 5.82 Å². The second-order valence-corrected chi connectivity index (χ2v) is 10.6. The minimum Gasteiger partial charge on any atom is -0.494 e. The first-order valence-corrected chi connectivity index (χ1v) is 14.4. The number of hydrogen-bond acceptors (Lipinski definition) is 8. The number of amides is 3. The molecule has 5 rings (SSSR count). The summed E-state index contributed by atoms with van der Waals surface area (Å²) in [6.45, 7) is 7.27. The molecule has 3 aromatic carbocycles. The smallest absolute Gasteiger partial charge is 0.332 e. The van der Waals surface area contributed by atoms with E-state index in [0.717, 1.165) is 44.0 Å². The van der Waals surface area contributed by atoms with Gasteiger partial charge in [-0.25, -0.2) is 24.1 Å². The van der Waals surface area contributed by atoms with E-state index in [4.69, 9.17) is 16.3 Å². The maximum atomic E-state index is 13.8. The van der Waals surface area contributed by atoms with Crippen LogP contribution in [0.15, 0.2) is 85.7 Å². The molecule has 13 heteroatoms. The first-order chi connectivity index (χ1) is 21.7. The maximum Gasteiger partial charge on any atom is 0.332 e. The molecule has 11 nitrogen and oxygen atoms in total. The van der Waals surface area contributed by atoms with Crippen molar-refractivity contribution in [3.63, 3.8) is 0 Å². The Bertz CT molecular complexity index is 1710. The summed E-state index contributed by atoms with van der Waals surface area (Å²) in [6, 6.07) is 17.4. The van der Waals surface area contributed by atoms with Gasteiger partial charge in [0.25, 0.3) is 0 Å². The molecule has 1 aliphatic heterocycles. The Morgan fingerprint density at radius 1 is 1.00 bits per heavy atom. The van der Waals surface area contributed by atoms with Gasteiger partial charge in [0.1, 0.15) is 29.5 Å². The molecule has 0 spiro atoms. The SMILES string of the molecule is C=CC(=O)Nc1cccc(N(C(=O)Nc2ccc(F)c(Cl)c2)c2cc(Nc3ccc(N4CCN(C)CC4)cc3OC)ncn2)c1. The van der Waals surface area contributed by atoms with Gasteiger partial charge >= 0.3 is 6.03 Å². The Balaban J connectivity index is 1.46. The number of rotatable bonds is 9. The van der Waals surface area contributed by atoms with Crippen LogP contribution in [0.25, 0.3) is 0 Å². The van der Waals surface area contributed by atoms with Crippen LogP contribution in [0.5, 0.6) is 5.75 Å². The zero-order valence-electron chi connectivity index (χ0n) is 24.8. The Morgan fingerprint density at radius 3 is 2.51 bits per heavy atom. The maximum absolute atomic E-state index is 13.8. The number of hydrogen-bond donors (Lipinski definition) is 3. The first-order valence-electron chi connectivity index (χ1n) is 14.0. The van der Waals surface area contributed by atoms with E-state index in [9.17, 15) is 14.0 Å². The van der Waals surface area contributed by atoms with Gasteiger partial charge in [-0.1, -0.05) is 24.2 Å². The predicted octanol–water partition coefficient (Wildman–Crippen LogP) is 6.27. The number of carbonyl (C=O) groups is 2. The highest BCUT2D eigenvalue weighted by Gasteiger charge is 2.22. The lowest BCUT2D eigenvalue weighted by atomic mass is 10.2. The second-order valence-electron chi connectivity index (χ2n) is 10.2. The highest BCUT2D eigenvalue weighted by molar-refractivity contribution is 6.31. The molecule has 0 saturated carbocycles. The molecule has 0 atom stereocenters. The molecule has 0 aliphatic carbocycles. The number of nitrogens with zero attached hydrogens (tertiary/aromatic N) is 5. The van der Waals surface area contributed by atoms with Crippen molar-refractivity contribution in [1.82, 2.24) is 14.9 Å². The molecule has 0 radical (unpaired) electrons. The highest BCUT2D eigenvalue weighted by Crippen LogP contribution is 2.34. The van der Waals surface area contributed by atoms with Crippen LogP contribution >= 0.6 is 11.6 Å². The number of anilines is 7. The highest BCUT2D eigenvalue weighted by atomic mass is 35.5. The molecule has 1 aromatic heterocycles. The zero-order valence-corrected chi connectivity index (χ0v) is 25.5. The summed E-state index contributed by atoms with van der Waals surface area (Å²) in [5.74, 6) is 0.198. The number of methoxy groups -OCH3 is 1. The number of urea groups is 1. The van der Waals surface area contributed by atoms with Gasteiger partial charge in [0, 0.05) is 55.4 Å². The Kier molecular flexibility index (Phi) is 9.76. The fourth-order valence-electron chi connectivity index (χ4n) is 4.74. The van der Waals surface area contributed by atoms with Crippen LogP contribution in [0.2, 0.25) is 5.02 Å². The number of piperazine rings is 1. The number of ether oxygens (including phenoxy) is 1. The second kappa shape index (κ2) is 14.1. The van der Waals surface area contributed by atoms with Gasteiger partial charge in [-0.2, -0.15) is 0 Å². The summed E-state index contributed by atoms with van der Waals surface area (Å²) in [6.07, 6.45) is 2.46. The predicted molar refractivity (Wildman–Crippen MR) is 176 cm³/mol. The van der Waals surface area contributed by atoms with Crippen molar-refractivity contribution in [1.29, 1.82) is 0 Å². The summed E-state index contributed by atoms with van der Waals surface area (Å²) in [7, 11) is 3.72. The fraction of sp³-hybridized carbons (Fsp3) is 0.188. The lowest BCUT2D eigenvalue weighted by Gasteiger charge is -2.34. The van der Waals surface area contributed by atoms with E-state index >= 15 is 0 Å². The summed E-state index contributed by atoms with van der Waals surface area (Å²) in [5, 5.41) is 8.54. The number of likely N-dealkylation sites (N-methyl/N-ethyl adjacent to an activating group) is 1.